The van der Waals surface area contributed by atoms with Crippen molar-refractivity contribution in [2.24, 2.45) is 0 Å². The van der Waals surface area contributed by atoms with E-state index in [1.165, 1.54) is 39.8 Å². The number of carboxylic acids is 1. The number of allylic oxidation sites excluding steroid dienone is 4. The number of carboxylic acid groups (broad SMARTS) is 1. The average molecular weight is 655 g/mol. The van der Waals surface area contributed by atoms with Crippen molar-refractivity contribution >= 4 is 17.5 Å². The van der Waals surface area contributed by atoms with Gasteiger partial charge in [-0.05, 0) is 31.6 Å². The van der Waals surface area contributed by atoms with Gasteiger partial charge < -0.3 is 31.1 Å². The molecule has 0 amide bonds. The molecular weight excluding hydrogens is 631 g/mol. The van der Waals surface area contributed by atoms with Crippen LogP contribution in [-0.2, 0) is 46.4 Å². The minimum absolute atomic E-state index is 0. The number of ketones is 2. The summed E-state index contributed by atoms with van der Waals surface area (Å²) in [6.07, 6.45) is 2.11. The zero-order chi connectivity index (χ0) is 24.4. The van der Waals surface area contributed by atoms with Crippen LogP contribution in [-0.4, -0.2) is 23.0 Å². The third kappa shape index (κ3) is 72.6. The fourth-order valence-corrected chi connectivity index (χ4v) is 1.15. The molecule has 0 atom stereocenters. The van der Waals surface area contributed by atoms with Crippen molar-refractivity contribution in [1.82, 2.24) is 0 Å². The Bertz CT molecular complexity index is 659. The van der Waals surface area contributed by atoms with Crippen molar-refractivity contribution in [3.05, 3.63) is 79.5 Å². The number of carbonyl (C=O) groups excluding carboxylic acids is 3. The van der Waals surface area contributed by atoms with Crippen molar-refractivity contribution in [2.45, 2.75) is 27.7 Å². The molecule has 0 saturated heterocycles. The Morgan fingerprint density at radius 3 is 1.06 bits per heavy atom. The van der Waals surface area contributed by atoms with Crippen LogP contribution in [0.4, 0.5) is 0 Å². The standard InChI is InChI=1S/C7H6O2.2C5H8O2.3CO.Cr.Dy.2H2O/c8-7(9)6-4-2-1-3-5-6;2*1-4(6)3-5(2)7;3*1-2;;;;/h1-5H,(H,8,9);2*3,6H,1-2H3;;;;;;2*1H2/p-2/b;2*4-3-;;;;;;;. The summed E-state index contributed by atoms with van der Waals surface area (Å²) in [6, 6.07) is 8.06. The SMILES string of the molecule is CC(=O)/C=C(/C)[O-].CC(=O)/C=C(/C)[O-].O.O=C([O-])c1ccccc1.[C-]#[O+].[C-]#[O+].[C-]#[O+].[Cr].[Dy].[OH3+]. The summed E-state index contributed by atoms with van der Waals surface area (Å²) < 4.78 is 22.5. The molecule has 0 aromatic heterocycles. The molecule has 0 radical (unpaired) electrons. The summed E-state index contributed by atoms with van der Waals surface area (Å²) in [7, 11) is 0. The number of aromatic carboxylic acids is 1. The van der Waals surface area contributed by atoms with Crippen molar-refractivity contribution in [3.63, 3.8) is 0 Å². The van der Waals surface area contributed by atoms with Crippen LogP contribution < -0.4 is 15.3 Å². The predicted molar refractivity (Wildman–Crippen MR) is 99.9 cm³/mol. The first-order valence-electron chi connectivity index (χ1n) is 7.15. The van der Waals surface area contributed by atoms with Gasteiger partial charge in [0.1, 0.15) is 0 Å². The van der Waals surface area contributed by atoms with Gasteiger partial charge in [-0.25, -0.2) is 0 Å². The van der Waals surface area contributed by atoms with Crippen LogP contribution in [0.1, 0.15) is 38.1 Å². The van der Waals surface area contributed by atoms with E-state index in [4.69, 9.17) is 14.0 Å². The molecule has 0 saturated carbocycles. The summed E-state index contributed by atoms with van der Waals surface area (Å²) in [4.78, 5) is 30.0. The van der Waals surface area contributed by atoms with Gasteiger partial charge in [-0.15, -0.1) is 11.5 Å². The van der Waals surface area contributed by atoms with Crippen LogP contribution in [0.5, 0.6) is 0 Å². The summed E-state index contributed by atoms with van der Waals surface area (Å²) in [5, 5.41) is 30.0. The summed E-state index contributed by atoms with van der Waals surface area (Å²) in [5.74, 6) is -1.88. The molecule has 1 aromatic carbocycles. The molecule has 0 unspecified atom stereocenters. The van der Waals surface area contributed by atoms with Crippen molar-refractivity contribution in [1.29, 1.82) is 0 Å². The van der Waals surface area contributed by atoms with E-state index in [-0.39, 0.29) is 95.1 Å². The van der Waals surface area contributed by atoms with E-state index in [1.807, 2.05) is 0 Å². The van der Waals surface area contributed by atoms with Gasteiger partial charge in [0.25, 0.3) is 0 Å². The Balaban J connectivity index is -0.0000000320. The van der Waals surface area contributed by atoms with Gasteiger partial charge in [-0.2, -0.15) is 0 Å². The average Bonchev–Trinajstić information content (AvgIpc) is 2.66. The number of rotatable bonds is 3. The Morgan fingerprint density at radius 2 is 0.970 bits per heavy atom. The Hall–Kier alpha value is -1.94. The molecular formula is C20H24CrDyO11-2. The van der Waals surface area contributed by atoms with Crippen LogP contribution in [0.25, 0.3) is 0 Å². The first-order chi connectivity index (χ1) is 13.6. The Morgan fingerprint density at radius 1 is 0.727 bits per heavy atom. The molecule has 0 heterocycles. The maximum absolute atomic E-state index is 10.1. The van der Waals surface area contributed by atoms with Crippen molar-refractivity contribution < 1.29 is 110 Å². The summed E-state index contributed by atoms with van der Waals surface area (Å²) in [6.45, 7) is 18.9. The summed E-state index contributed by atoms with van der Waals surface area (Å²) >= 11 is 0. The van der Waals surface area contributed by atoms with Crippen LogP contribution in [0, 0.1) is 58.1 Å². The van der Waals surface area contributed by atoms with E-state index in [0.29, 0.717) is 0 Å². The minimum Gasteiger partial charge on any atom is -0.457 e. The van der Waals surface area contributed by atoms with E-state index in [0.717, 1.165) is 12.2 Å². The second kappa shape index (κ2) is 47.7. The first kappa shape index (κ1) is 57.7. The topological polar surface area (TPSA) is 245 Å². The molecule has 33 heavy (non-hydrogen) atoms. The third-order valence-electron chi connectivity index (χ3n) is 1.82. The first-order valence-corrected chi connectivity index (χ1v) is 7.15. The largest absolute Gasteiger partial charge is 0.457 e. The van der Waals surface area contributed by atoms with Gasteiger partial charge in [0, 0.05) is 55.5 Å². The van der Waals surface area contributed by atoms with E-state index in [9.17, 15) is 29.7 Å². The number of benzene rings is 1. The molecule has 0 spiro atoms. The van der Waals surface area contributed by atoms with E-state index in [2.05, 4.69) is 20.0 Å². The Labute approximate surface area is 233 Å². The molecule has 11 nitrogen and oxygen atoms in total. The number of carbonyl (C=O) groups is 3. The quantitative estimate of drug-likeness (QED) is 0.152. The molecule has 5 N–H and O–H groups in total. The molecule has 0 aliphatic heterocycles. The van der Waals surface area contributed by atoms with Crippen LogP contribution in [0.2, 0.25) is 0 Å². The van der Waals surface area contributed by atoms with Gasteiger partial charge in [0.05, 0.1) is 5.97 Å². The van der Waals surface area contributed by atoms with Gasteiger partial charge in [-0.1, -0.05) is 44.2 Å². The molecule has 0 fully saturated rings. The van der Waals surface area contributed by atoms with Gasteiger partial charge in [0.2, 0.25) is 0 Å². The van der Waals surface area contributed by atoms with Crippen molar-refractivity contribution in [3.8, 4) is 0 Å². The molecule has 1 aromatic rings. The van der Waals surface area contributed by atoms with Gasteiger partial charge in [-0.3, -0.25) is 9.59 Å². The molecule has 0 bridgehead atoms. The second-order valence-corrected chi connectivity index (χ2v) is 4.38. The zero-order valence-corrected chi connectivity index (χ0v) is 21.3. The maximum Gasteiger partial charge on any atom is 0 e. The van der Waals surface area contributed by atoms with Crippen LogP contribution in [0.3, 0.4) is 0 Å². The van der Waals surface area contributed by atoms with Gasteiger partial charge >= 0.3 is 33.9 Å². The van der Waals surface area contributed by atoms with E-state index < -0.39 is 5.97 Å². The molecule has 188 valence electrons. The molecule has 0 aliphatic rings. The molecule has 13 heteroatoms. The van der Waals surface area contributed by atoms with Crippen molar-refractivity contribution in [2.75, 3.05) is 0 Å². The number of hydrogen-bond donors (Lipinski definition) is 0. The normalized spacial score (nSPS) is 7.45. The van der Waals surface area contributed by atoms with E-state index >= 15 is 0 Å². The maximum atomic E-state index is 10.1. The second-order valence-electron chi connectivity index (χ2n) is 4.38. The Kier molecular flexibility index (Phi) is 83.4. The minimum atomic E-state index is -1.13. The van der Waals surface area contributed by atoms with Crippen LogP contribution in [0.15, 0.2) is 54.0 Å². The smallest absolute Gasteiger partial charge is 0 e. The monoisotopic (exact) mass is 656 g/mol. The summed E-state index contributed by atoms with van der Waals surface area (Å²) in [5.41, 5.74) is 0.220. The van der Waals surface area contributed by atoms with E-state index in [1.54, 1.807) is 18.2 Å². The fraction of sp³-hybridized carbons (Fsp3) is 0.200. The van der Waals surface area contributed by atoms with Crippen LogP contribution >= 0.6 is 0 Å². The zero-order valence-electron chi connectivity index (χ0n) is 18.0. The molecule has 0 aliphatic carbocycles. The molecule has 1 rings (SSSR count). The third-order valence-corrected chi connectivity index (χ3v) is 1.82. The predicted octanol–water partition coefficient (Wildman–Crippen LogP) is -2.13. The fourth-order valence-electron chi connectivity index (χ4n) is 1.15. The van der Waals surface area contributed by atoms with Gasteiger partial charge in [0.15, 0.2) is 11.6 Å². The number of hydrogen-bond acceptors (Lipinski definition) is 6.